The van der Waals surface area contributed by atoms with Crippen LogP contribution in [-0.2, 0) is 65.4 Å². The number of unbranched alkanes of at least 4 members (excludes halogenated alkanes) is 36. The molecule has 546 valence electrons. The second-order valence-corrected chi connectivity index (χ2v) is 31.1. The van der Waals surface area contributed by atoms with Crippen molar-refractivity contribution in [2.24, 2.45) is 23.7 Å². The molecule has 0 heterocycles. The predicted octanol–water partition coefficient (Wildman–Crippen LogP) is 20.9. The van der Waals surface area contributed by atoms with Crippen molar-refractivity contribution in [3.05, 3.63) is 0 Å². The molecule has 0 fully saturated rings. The highest BCUT2D eigenvalue weighted by Gasteiger charge is 2.30. The summed E-state index contributed by atoms with van der Waals surface area (Å²) in [7, 11) is -9.91. The normalized spacial score (nSPS) is 14.2. The molecule has 3 unspecified atom stereocenters. The fraction of sp³-hybridized carbons (Fsp3) is 0.945. The van der Waals surface area contributed by atoms with Gasteiger partial charge >= 0.3 is 39.5 Å². The lowest BCUT2D eigenvalue weighted by Gasteiger charge is -2.21. The van der Waals surface area contributed by atoms with E-state index in [1.165, 1.54) is 161 Å². The van der Waals surface area contributed by atoms with Gasteiger partial charge < -0.3 is 33.8 Å². The van der Waals surface area contributed by atoms with Crippen molar-refractivity contribution in [3.8, 4) is 0 Å². The Labute approximate surface area is 562 Å². The van der Waals surface area contributed by atoms with Crippen LogP contribution in [0, 0.1) is 23.7 Å². The first-order valence-corrected chi connectivity index (χ1v) is 40.7. The molecule has 0 saturated carbocycles. The number of phosphoric acid groups is 2. The molecule has 0 amide bonds. The maximum absolute atomic E-state index is 13.0. The summed E-state index contributed by atoms with van der Waals surface area (Å²) >= 11 is 0. The first-order chi connectivity index (χ1) is 44.1. The number of rotatable bonds is 70. The highest BCUT2D eigenvalue weighted by atomic mass is 31.2. The van der Waals surface area contributed by atoms with Gasteiger partial charge in [-0.2, -0.15) is 0 Å². The Bertz CT molecular complexity index is 1820. The molecule has 0 saturated heterocycles. The maximum atomic E-state index is 13.0. The van der Waals surface area contributed by atoms with Gasteiger partial charge in [-0.25, -0.2) is 9.13 Å². The van der Waals surface area contributed by atoms with Crippen LogP contribution in [0.1, 0.15) is 364 Å². The van der Waals surface area contributed by atoms with Gasteiger partial charge in [0.2, 0.25) is 0 Å². The third kappa shape index (κ3) is 66.7. The van der Waals surface area contributed by atoms with Gasteiger partial charge in [-0.3, -0.25) is 37.3 Å². The Balaban J connectivity index is 5.23. The molecule has 0 bridgehead atoms. The van der Waals surface area contributed by atoms with E-state index < -0.39 is 97.5 Å². The van der Waals surface area contributed by atoms with E-state index in [0.717, 1.165) is 114 Å². The van der Waals surface area contributed by atoms with E-state index in [-0.39, 0.29) is 25.7 Å². The predicted molar refractivity (Wildman–Crippen MR) is 372 cm³/mol. The monoisotopic (exact) mass is 1350 g/mol. The Morgan fingerprint density at radius 2 is 0.457 bits per heavy atom. The molecule has 92 heavy (non-hydrogen) atoms. The first-order valence-electron chi connectivity index (χ1n) is 37.7. The quantitative estimate of drug-likeness (QED) is 0.0222. The Kier molecular flexibility index (Phi) is 61.3. The largest absolute Gasteiger partial charge is 0.472 e. The first kappa shape index (κ1) is 90.1. The van der Waals surface area contributed by atoms with Crippen LogP contribution in [-0.4, -0.2) is 96.7 Å². The zero-order valence-electron chi connectivity index (χ0n) is 60.2. The highest BCUT2D eigenvalue weighted by molar-refractivity contribution is 7.47. The van der Waals surface area contributed by atoms with Gasteiger partial charge in [-0.1, -0.05) is 312 Å². The zero-order valence-corrected chi connectivity index (χ0v) is 62.0. The SMILES string of the molecule is CC(C)CCCCCCCCCCCCCCCCCC(=O)O[C@H](COC(=O)CCCCCCCCCC(C)C)COP(=O)(O)OCC(O)COP(=O)(O)OC[C@@H](COC(=O)CCCCCCCCCCCC(C)C)OC(=O)CCCCCCCCCCCC(C)C. The minimum Gasteiger partial charge on any atom is -0.462 e. The molecule has 0 aromatic rings. The summed E-state index contributed by atoms with van der Waals surface area (Å²) in [5.74, 6) is 0.861. The number of hydrogen-bond acceptors (Lipinski definition) is 15. The molecule has 0 aromatic heterocycles. The second kappa shape index (κ2) is 62.6. The van der Waals surface area contributed by atoms with Gasteiger partial charge in [-0.05, 0) is 49.4 Å². The Hall–Kier alpha value is -1.94. The second-order valence-electron chi connectivity index (χ2n) is 28.2. The van der Waals surface area contributed by atoms with Gasteiger partial charge in [0.15, 0.2) is 12.2 Å². The van der Waals surface area contributed by atoms with E-state index in [9.17, 15) is 43.2 Å². The zero-order chi connectivity index (χ0) is 68.2. The molecule has 5 atom stereocenters. The summed E-state index contributed by atoms with van der Waals surface area (Å²) in [6.45, 7) is 14.1. The van der Waals surface area contributed by atoms with E-state index in [1.54, 1.807) is 0 Å². The van der Waals surface area contributed by atoms with Gasteiger partial charge in [-0.15, -0.1) is 0 Å². The highest BCUT2D eigenvalue weighted by Crippen LogP contribution is 2.45. The van der Waals surface area contributed by atoms with Crippen LogP contribution in [0.3, 0.4) is 0 Å². The average molecular weight is 1350 g/mol. The summed E-state index contributed by atoms with van der Waals surface area (Å²) in [5, 5.41) is 10.6. The molecule has 0 spiro atoms. The number of carbonyl (C=O) groups excluding carboxylic acids is 4. The third-order valence-electron chi connectivity index (χ3n) is 16.8. The molecule has 19 heteroatoms. The van der Waals surface area contributed by atoms with Crippen molar-refractivity contribution < 1.29 is 80.2 Å². The van der Waals surface area contributed by atoms with E-state index in [1.807, 2.05) is 0 Å². The average Bonchev–Trinajstić information content (AvgIpc) is 1.92. The van der Waals surface area contributed by atoms with Crippen molar-refractivity contribution in [2.45, 2.75) is 382 Å². The van der Waals surface area contributed by atoms with Crippen molar-refractivity contribution in [3.63, 3.8) is 0 Å². The molecule has 0 radical (unpaired) electrons. The molecule has 0 aliphatic rings. The van der Waals surface area contributed by atoms with Crippen LogP contribution in [0.2, 0.25) is 0 Å². The standard InChI is InChI=1S/C73H142O17P2/c1-63(2)49-41-33-25-18-14-12-10-9-11-13-15-21-30-39-47-55-72(77)89-69(60-84-71(76)54-46-38-32-24-28-36-44-52-66(7)8)62-88-92(81,82)86-58-67(74)57-85-91(79,80)87-61-68(90-73(78)56-48-40-31-23-17-20-27-35-43-51-65(5)6)59-83-70(75)53-45-37-29-22-16-19-26-34-42-50-64(3)4/h63-69,74H,9-62H2,1-8H3,(H,79,80)(H,81,82)/t67?,68-,69-/m1/s1. The third-order valence-corrected chi connectivity index (χ3v) is 18.7. The number of aliphatic hydroxyl groups is 1. The molecule has 0 aliphatic heterocycles. The summed E-state index contributed by atoms with van der Waals surface area (Å²) in [6, 6.07) is 0. The van der Waals surface area contributed by atoms with Gasteiger partial charge in [0.25, 0.3) is 0 Å². The van der Waals surface area contributed by atoms with E-state index in [4.69, 9.17) is 37.0 Å². The summed E-state index contributed by atoms with van der Waals surface area (Å²) in [5.41, 5.74) is 0. The summed E-state index contributed by atoms with van der Waals surface area (Å²) in [4.78, 5) is 72.6. The van der Waals surface area contributed by atoms with Crippen molar-refractivity contribution in [2.75, 3.05) is 39.6 Å². The summed E-state index contributed by atoms with van der Waals surface area (Å²) < 4.78 is 68.4. The molecule has 0 aliphatic carbocycles. The fourth-order valence-corrected chi connectivity index (χ4v) is 12.6. The van der Waals surface area contributed by atoms with Crippen molar-refractivity contribution in [1.82, 2.24) is 0 Å². The number of phosphoric ester groups is 2. The van der Waals surface area contributed by atoms with Gasteiger partial charge in [0.1, 0.15) is 19.3 Å². The Morgan fingerprint density at radius 3 is 0.674 bits per heavy atom. The minimum atomic E-state index is -4.95. The van der Waals surface area contributed by atoms with Crippen LogP contribution >= 0.6 is 15.6 Å². The fourth-order valence-electron chi connectivity index (χ4n) is 11.0. The van der Waals surface area contributed by atoms with Crippen LogP contribution in [0.25, 0.3) is 0 Å². The smallest absolute Gasteiger partial charge is 0.462 e. The minimum absolute atomic E-state index is 0.104. The lowest BCUT2D eigenvalue weighted by molar-refractivity contribution is -0.161. The van der Waals surface area contributed by atoms with Crippen molar-refractivity contribution >= 4 is 39.5 Å². The lowest BCUT2D eigenvalue weighted by Crippen LogP contribution is -2.30. The number of ether oxygens (including phenoxy) is 4. The van der Waals surface area contributed by atoms with Crippen LogP contribution in [0.5, 0.6) is 0 Å². The molecule has 0 rings (SSSR count). The number of esters is 4. The van der Waals surface area contributed by atoms with Gasteiger partial charge in [0, 0.05) is 25.7 Å². The molecular weight excluding hydrogens is 1210 g/mol. The Morgan fingerprint density at radius 1 is 0.272 bits per heavy atom. The van der Waals surface area contributed by atoms with Gasteiger partial charge in [0.05, 0.1) is 26.4 Å². The number of carbonyl (C=O) groups is 4. The van der Waals surface area contributed by atoms with E-state index >= 15 is 0 Å². The topological polar surface area (TPSA) is 237 Å². The van der Waals surface area contributed by atoms with Crippen molar-refractivity contribution in [1.29, 1.82) is 0 Å². The van der Waals surface area contributed by atoms with E-state index in [0.29, 0.717) is 31.6 Å². The summed E-state index contributed by atoms with van der Waals surface area (Å²) in [6.07, 6.45) is 45.9. The van der Waals surface area contributed by atoms with Crippen LogP contribution < -0.4 is 0 Å². The van der Waals surface area contributed by atoms with Crippen LogP contribution in [0.4, 0.5) is 0 Å². The molecular formula is C73H142O17P2. The lowest BCUT2D eigenvalue weighted by atomic mass is 10.0. The number of aliphatic hydroxyl groups excluding tert-OH is 1. The molecule has 0 aromatic carbocycles. The van der Waals surface area contributed by atoms with Crippen LogP contribution in [0.15, 0.2) is 0 Å². The maximum Gasteiger partial charge on any atom is 0.472 e. The van der Waals surface area contributed by atoms with E-state index in [2.05, 4.69) is 55.4 Å². The molecule has 17 nitrogen and oxygen atoms in total. The number of hydrogen-bond donors (Lipinski definition) is 3. The molecule has 3 N–H and O–H groups in total.